The Kier molecular flexibility index (Phi) is 15.2. The molecule has 0 spiro atoms. The van der Waals surface area contributed by atoms with Gasteiger partial charge in [-0.25, -0.2) is 13.1 Å². The molecule has 0 aliphatic heterocycles. The second kappa shape index (κ2) is 18.1. The summed E-state index contributed by atoms with van der Waals surface area (Å²) in [5, 5.41) is 9.22. The Bertz CT molecular complexity index is 1070. The zero-order valence-corrected chi connectivity index (χ0v) is 24.2. The van der Waals surface area contributed by atoms with Crippen molar-refractivity contribution in [2.45, 2.75) is 101 Å². The van der Waals surface area contributed by atoms with E-state index in [2.05, 4.69) is 17.7 Å². The number of carboxylic acids is 1. The van der Waals surface area contributed by atoms with Gasteiger partial charge in [-0.05, 0) is 36.1 Å². The summed E-state index contributed by atoms with van der Waals surface area (Å²) in [4.78, 5) is 24.0. The normalized spacial score (nSPS) is 12.2. The van der Waals surface area contributed by atoms with Crippen LogP contribution in [0.3, 0.4) is 0 Å². The van der Waals surface area contributed by atoms with E-state index in [1.54, 1.807) is 18.2 Å². The molecule has 1 atom stereocenters. The number of carbonyl (C=O) groups is 2. The summed E-state index contributed by atoms with van der Waals surface area (Å²) in [5.74, 6) is -1.18. The van der Waals surface area contributed by atoms with E-state index in [9.17, 15) is 23.1 Å². The minimum Gasteiger partial charge on any atom is -0.481 e. The molecule has 0 saturated carbocycles. The third kappa shape index (κ3) is 12.5. The second-order valence-corrected chi connectivity index (χ2v) is 12.7. The number of benzene rings is 2. The molecule has 0 radical (unpaired) electrons. The van der Waals surface area contributed by atoms with Crippen LogP contribution in [0.1, 0.15) is 100 Å². The van der Waals surface area contributed by atoms with Gasteiger partial charge in [-0.1, -0.05) is 107 Å². The highest BCUT2D eigenvalue weighted by Crippen LogP contribution is 2.35. The Balaban J connectivity index is 1.84. The fourth-order valence-corrected chi connectivity index (χ4v) is 6.74. The molecule has 0 fully saturated rings. The molecule has 0 saturated heterocycles. The topological polar surface area (TPSA) is 101 Å². The average molecular weight is 562 g/mol. The zero-order chi connectivity index (χ0) is 27.6. The Morgan fingerprint density at radius 3 is 2.05 bits per heavy atom. The van der Waals surface area contributed by atoms with Gasteiger partial charge in [0.15, 0.2) is 0 Å². The van der Waals surface area contributed by atoms with E-state index in [-0.39, 0.29) is 23.0 Å². The van der Waals surface area contributed by atoms with Crippen LogP contribution in [0.15, 0.2) is 59.5 Å². The number of carbonyl (C=O) groups excluding carboxylic acids is 1. The summed E-state index contributed by atoms with van der Waals surface area (Å²) < 4.78 is 26.8. The van der Waals surface area contributed by atoms with Crippen LogP contribution in [0.2, 0.25) is 0 Å². The van der Waals surface area contributed by atoms with E-state index in [0.717, 1.165) is 30.4 Å². The first kappa shape index (κ1) is 31.9. The number of unbranched alkanes of at least 4 members (excludes halogenated alkanes) is 9. The van der Waals surface area contributed by atoms with E-state index in [4.69, 9.17) is 0 Å². The summed E-state index contributed by atoms with van der Waals surface area (Å²) in [6.07, 6.45) is 13.5. The summed E-state index contributed by atoms with van der Waals surface area (Å²) in [5.41, 5.74) is 2.15. The third-order valence-electron chi connectivity index (χ3n) is 6.51. The highest BCUT2D eigenvalue weighted by molar-refractivity contribution is 7.99. The van der Waals surface area contributed by atoms with Crippen LogP contribution in [-0.2, 0) is 26.0 Å². The maximum Gasteiger partial charge on any atom is 0.304 e. The Morgan fingerprint density at radius 2 is 1.42 bits per heavy atom. The van der Waals surface area contributed by atoms with Crippen molar-refractivity contribution in [3.05, 3.63) is 65.7 Å². The number of hydrogen-bond acceptors (Lipinski definition) is 5. The quantitative estimate of drug-likeness (QED) is 0.165. The van der Waals surface area contributed by atoms with Gasteiger partial charge in [-0.2, -0.15) is 11.8 Å². The van der Waals surface area contributed by atoms with Crippen molar-refractivity contribution < 1.29 is 23.1 Å². The molecule has 0 bridgehead atoms. The summed E-state index contributed by atoms with van der Waals surface area (Å²) >= 11 is 1.39. The lowest BCUT2D eigenvalue weighted by atomic mass is 9.97. The van der Waals surface area contributed by atoms with Gasteiger partial charge in [0.1, 0.15) is 0 Å². The largest absolute Gasteiger partial charge is 0.481 e. The van der Waals surface area contributed by atoms with Crippen LogP contribution >= 0.6 is 11.8 Å². The van der Waals surface area contributed by atoms with E-state index < -0.39 is 21.9 Å². The van der Waals surface area contributed by atoms with Gasteiger partial charge in [0.05, 0.1) is 11.3 Å². The number of thioether (sulfide) groups is 1. The first-order valence-corrected chi connectivity index (χ1v) is 16.4. The Morgan fingerprint density at radius 1 is 0.842 bits per heavy atom. The van der Waals surface area contributed by atoms with Crippen molar-refractivity contribution in [3.63, 3.8) is 0 Å². The van der Waals surface area contributed by atoms with E-state index in [1.165, 1.54) is 75.3 Å². The van der Waals surface area contributed by atoms with Crippen molar-refractivity contribution in [1.29, 1.82) is 0 Å². The van der Waals surface area contributed by atoms with Crippen LogP contribution in [-0.4, -0.2) is 31.2 Å². The number of amides is 1. The lowest BCUT2D eigenvalue weighted by molar-refractivity contribution is -0.137. The molecular weight excluding hydrogens is 518 g/mol. The molecule has 2 N–H and O–H groups in total. The highest BCUT2D eigenvalue weighted by Gasteiger charge is 2.21. The number of nitrogens with one attached hydrogen (secondary N) is 1. The van der Waals surface area contributed by atoms with Crippen molar-refractivity contribution in [2.24, 2.45) is 0 Å². The Labute approximate surface area is 233 Å². The lowest BCUT2D eigenvalue weighted by Crippen LogP contribution is -2.30. The SMILES string of the molecule is CCCCCCCCCCCCc1ccccc1C(CC(=O)O)SCCC(=O)NS(=O)(=O)c1ccccc1. The molecule has 2 aromatic rings. The van der Waals surface area contributed by atoms with Crippen LogP contribution in [0.4, 0.5) is 0 Å². The minimum atomic E-state index is -3.92. The number of aliphatic carboxylic acids is 1. The monoisotopic (exact) mass is 561 g/mol. The lowest BCUT2D eigenvalue weighted by Gasteiger charge is -2.19. The number of rotatable bonds is 20. The van der Waals surface area contributed by atoms with Gasteiger partial charge >= 0.3 is 5.97 Å². The predicted molar refractivity (Wildman–Crippen MR) is 156 cm³/mol. The van der Waals surface area contributed by atoms with E-state index in [1.807, 2.05) is 18.2 Å². The fourth-order valence-electron chi connectivity index (χ4n) is 4.45. The zero-order valence-electron chi connectivity index (χ0n) is 22.6. The maximum absolute atomic E-state index is 12.4. The Hall–Kier alpha value is -2.32. The molecule has 1 unspecified atom stereocenters. The van der Waals surface area contributed by atoms with Gasteiger partial charge in [-0.15, -0.1) is 0 Å². The summed E-state index contributed by atoms with van der Waals surface area (Å²) in [6, 6.07) is 15.7. The minimum absolute atomic E-state index is 0.0204. The van der Waals surface area contributed by atoms with Gasteiger partial charge < -0.3 is 5.11 Å². The molecular formula is C30H43NO5S2. The van der Waals surface area contributed by atoms with Crippen LogP contribution in [0, 0.1) is 0 Å². The molecule has 0 heterocycles. The molecule has 2 aromatic carbocycles. The molecule has 8 heteroatoms. The molecule has 0 aliphatic rings. The van der Waals surface area contributed by atoms with Crippen LogP contribution in [0.5, 0.6) is 0 Å². The van der Waals surface area contributed by atoms with Crippen LogP contribution < -0.4 is 4.72 Å². The first-order chi connectivity index (χ1) is 18.3. The molecule has 6 nitrogen and oxygen atoms in total. The van der Waals surface area contributed by atoms with Crippen LogP contribution in [0.25, 0.3) is 0 Å². The molecule has 2 rings (SSSR count). The molecule has 0 aromatic heterocycles. The highest BCUT2D eigenvalue weighted by atomic mass is 32.2. The third-order valence-corrected chi connectivity index (χ3v) is 9.16. The fraction of sp³-hybridized carbons (Fsp3) is 0.533. The van der Waals surface area contributed by atoms with Gasteiger partial charge in [0, 0.05) is 17.4 Å². The number of hydrogen-bond donors (Lipinski definition) is 2. The smallest absolute Gasteiger partial charge is 0.304 e. The predicted octanol–water partition coefficient (Wildman–Crippen LogP) is 7.29. The van der Waals surface area contributed by atoms with Gasteiger partial charge in [0.25, 0.3) is 10.0 Å². The maximum atomic E-state index is 12.4. The van der Waals surface area contributed by atoms with Crippen molar-refractivity contribution in [2.75, 3.05) is 5.75 Å². The molecule has 210 valence electrons. The van der Waals surface area contributed by atoms with Gasteiger partial charge in [-0.3, -0.25) is 9.59 Å². The van der Waals surface area contributed by atoms with Crippen molar-refractivity contribution in [3.8, 4) is 0 Å². The number of carboxylic acid groups (broad SMARTS) is 1. The summed E-state index contributed by atoms with van der Waals surface area (Å²) in [6.45, 7) is 2.24. The number of sulfonamides is 1. The second-order valence-electron chi connectivity index (χ2n) is 9.68. The molecule has 38 heavy (non-hydrogen) atoms. The molecule has 1 amide bonds. The molecule has 0 aliphatic carbocycles. The average Bonchev–Trinajstić information content (AvgIpc) is 2.89. The van der Waals surface area contributed by atoms with Crippen molar-refractivity contribution >= 4 is 33.7 Å². The van der Waals surface area contributed by atoms with E-state index >= 15 is 0 Å². The summed E-state index contributed by atoms with van der Waals surface area (Å²) in [7, 11) is -3.92. The van der Waals surface area contributed by atoms with Gasteiger partial charge in [0.2, 0.25) is 5.91 Å². The van der Waals surface area contributed by atoms with E-state index in [0.29, 0.717) is 5.75 Å². The first-order valence-electron chi connectivity index (χ1n) is 13.9. The number of aryl methyl sites for hydroxylation is 1. The standard InChI is InChI=1S/C30H43NO5S2/c1-2-3-4-5-6-7-8-9-10-12-17-25-18-15-16-21-27(25)28(24-30(33)34)37-23-22-29(32)31-38(35,36)26-19-13-11-14-20-26/h11,13-16,18-21,28H,2-10,12,17,22-24H2,1H3,(H,31,32)(H,33,34). The van der Waals surface area contributed by atoms with Crippen molar-refractivity contribution in [1.82, 2.24) is 4.72 Å².